The van der Waals surface area contributed by atoms with Crippen LogP contribution in [0.1, 0.15) is 37.5 Å². The number of para-hydroxylation sites is 1. The Morgan fingerprint density at radius 1 is 0.717 bits per heavy atom. The number of rotatable bonds is 6. The molecule has 0 aliphatic heterocycles. The Bertz CT molecular complexity index is 2730. The van der Waals surface area contributed by atoms with Gasteiger partial charge in [0.25, 0.3) is 0 Å². The first-order valence-electron chi connectivity index (χ1n) is 17.4. The third-order valence-corrected chi connectivity index (χ3v) is 11.2. The van der Waals surface area contributed by atoms with Crippen LogP contribution in [0.3, 0.4) is 0 Å². The van der Waals surface area contributed by atoms with Gasteiger partial charge in [-0.15, -0.1) is 11.3 Å². The maximum absolute atomic E-state index is 11.2. The van der Waals surface area contributed by atoms with Crippen molar-refractivity contribution in [1.82, 2.24) is 4.98 Å². The maximum atomic E-state index is 11.2. The first-order chi connectivity index (χ1) is 25.7. The number of benzene rings is 7. The summed E-state index contributed by atoms with van der Waals surface area (Å²) in [6, 6.07) is 50.0. The van der Waals surface area contributed by atoms with Crippen molar-refractivity contribution in [3.05, 3.63) is 160 Å². The zero-order chi connectivity index (χ0) is 36.7. The molecule has 8 aromatic rings. The highest BCUT2D eigenvalue weighted by molar-refractivity contribution is 14.1. The second kappa shape index (κ2) is 14.1. The van der Waals surface area contributed by atoms with Crippen LogP contribution in [-0.2, 0) is 5.41 Å². The molecule has 0 aliphatic rings. The predicted molar refractivity (Wildman–Crippen MR) is 230 cm³/mol. The molecule has 6 heteroatoms. The molecule has 1 N–H and O–H groups in total. The van der Waals surface area contributed by atoms with Gasteiger partial charge in [0.05, 0.1) is 27.5 Å². The van der Waals surface area contributed by atoms with Gasteiger partial charge in [0, 0.05) is 32.0 Å². The molecule has 0 fully saturated rings. The monoisotopic (exact) mass is 815 g/mol. The van der Waals surface area contributed by atoms with Gasteiger partial charge in [0.2, 0.25) is 0 Å². The number of aromatic hydroxyl groups is 1. The van der Waals surface area contributed by atoms with E-state index >= 15 is 0 Å². The Morgan fingerprint density at radius 2 is 1.36 bits per heavy atom. The Morgan fingerprint density at radius 3 is 2.09 bits per heavy atom. The fourth-order valence-corrected chi connectivity index (χ4v) is 8.48. The number of hydrogen-bond donors (Lipinski definition) is 1. The van der Waals surface area contributed by atoms with Crippen molar-refractivity contribution in [2.75, 3.05) is 0 Å². The second-order valence-corrected chi connectivity index (χ2v) is 16.4. The normalized spacial score (nSPS) is 11.8. The number of aliphatic imine (C=N–C) groups is 1. The number of nitriles is 1. The number of phenolic OH excluding ortho intramolecular Hbond substituents is 1. The van der Waals surface area contributed by atoms with Gasteiger partial charge in [0.15, 0.2) is 0 Å². The van der Waals surface area contributed by atoms with Crippen LogP contribution in [0.4, 0.5) is 5.69 Å². The molecule has 0 aliphatic carbocycles. The largest absolute Gasteiger partial charge is 0.507 e. The van der Waals surface area contributed by atoms with Crippen molar-refractivity contribution in [2.45, 2.75) is 26.2 Å². The summed E-state index contributed by atoms with van der Waals surface area (Å²) in [5, 5.41) is 23.7. The molecule has 0 spiro atoms. The molecular weight excluding hydrogens is 782 g/mol. The zero-order valence-electron chi connectivity index (χ0n) is 29.4. The Labute approximate surface area is 326 Å². The molecule has 7 aromatic carbocycles. The average Bonchev–Trinajstić information content (AvgIpc) is 3.61. The lowest BCUT2D eigenvalue weighted by Crippen LogP contribution is -2.12. The molecule has 4 nitrogen and oxygen atoms in total. The summed E-state index contributed by atoms with van der Waals surface area (Å²) in [5.74, 6) is 0.260. The molecule has 1 heterocycles. The van der Waals surface area contributed by atoms with Crippen LogP contribution < -0.4 is 0 Å². The third kappa shape index (κ3) is 6.86. The van der Waals surface area contributed by atoms with Crippen LogP contribution >= 0.6 is 33.9 Å². The van der Waals surface area contributed by atoms with Crippen LogP contribution in [0, 0.1) is 14.9 Å². The van der Waals surface area contributed by atoms with E-state index in [1.807, 2.05) is 54.6 Å². The van der Waals surface area contributed by atoms with Gasteiger partial charge in [-0.05, 0) is 115 Å². The van der Waals surface area contributed by atoms with E-state index in [0.29, 0.717) is 11.1 Å². The standard InChI is InChI=1S/C47H34IN3OS/c1-47(2,3)41-26-36(48)23-35(45(41)52)28-50-42-14-7-6-12-39(42)46-51-44-40(38-13-8-10-33-9-4-5-11-37(33)38)24-34(25-43(44)53-46)32-21-19-31(20-22-32)30-17-15-29(27-49)16-18-30/h4-26,28,52H,1-3H3/b50-28+. The van der Waals surface area contributed by atoms with E-state index in [2.05, 4.69) is 134 Å². The van der Waals surface area contributed by atoms with E-state index in [1.165, 1.54) is 10.8 Å². The molecule has 0 saturated carbocycles. The SMILES string of the molecule is CC(C)(C)c1cc(I)cc(/C=N/c2ccccc2-c2nc3c(-c4cccc5ccccc45)cc(-c4ccc(-c5ccc(C#N)cc5)cc4)cc3s2)c1O. The molecule has 53 heavy (non-hydrogen) atoms. The summed E-state index contributed by atoms with van der Waals surface area (Å²) < 4.78 is 2.13. The smallest absolute Gasteiger partial charge is 0.128 e. The molecule has 0 saturated heterocycles. The number of hydrogen-bond acceptors (Lipinski definition) is 5. The summed E-state index contributed by atoms with van der Waals surface area (Å²) in [7, 11) is 0. The Balaban J connectivity index is 1.25. The first kappa shape index (κ1) is 34.5. The van der Waals surface area contributed by atoms with Crippen LogP contribution in [0.5, 0.6) is 5.75 Å². The lowest BCUT2D eigenvalue weighted by Gasteiger charge is -2.21. The minimum atomic E-state index is -0.208. The summed E-state index contributed by atoms with van der Waals surface area (Å²) in [6.45, 7) is 6.31. The van der Waals surface area contributed by atoms with E-state index in [0.717, 1.165) is 69.0 Å². The number of nitrogens with zero attached hydrogens (tertiary/aromatic N) is 3. The lowest BCUT2D eigenvalue weighted by molar-refractivity contribution is 0.445. The fourth-order valence-electron chi connectivity index (χ4n) is 6.77. The molecule has 1 aromatic heterocycles. The zero-order valence-corrected chi connectivity index (χ0v) is 32.4. The first-order valence-corrected chi connectivity index (χ1v) is 19.3. The van der Waals surface area contributed by atoms with E-state index < -0.39 is 0 Å². The predicted octanol–water partition coefficient (Wildman–Crippen LogP) is 13.3. The van der Waals surface area contributed by atoms with E-state index in [9.17, 15) is 10.4 Å². The number of phenols is 1. The van der Waals surface area contributed by atoms with Crippen molar-refractivity contribution in [1.29, 1.82) is 5.26 Å². The van der Waals surface area contributed by atoms with Crippen LogP contribution in [0.2, 0.25) is 0 Å². The fraction of sp³-hybridized carbons (Fsp3) is 0.0851. The molecule has 0 atom stereocenters. The number of aromatic nitrogens is 1. The van der Waals surface area contributed by atoms with Gasteiger partial charge >= 0.3 is 0 Å². The highest BCUT2D eigenvalue weighted by atomic mass is 127. The number of fused-ring (bicyclic) bond motifs is 2. The third-order valence-electron chi connectivity index (χ3n) is 9.53. The van der Waals surface area contributed by atoms with Crippen molar-refractivity contribution in [3.8, 4) is 55.8 Å². The van der Waals surface area contributed by atoms with Crippen molar-refractivity contribution in [2.24, 2.45) is 4.99 Å². The van der Waals surface area contributed by atoms with Gasteiger partial charge in [-0.3, -0.25) is 4.99 Å². The lowest BCUT2D eigenvalue weighted by atomic mass is 9.85. The van der Waals surface area contributed by atoms with Crippen LogP contribution in [0.25, 0.3) is 64.9 Å². The molecule has 0 radical (unpaired) electrons. The van der Waals surface area contributed by atoms with Crippen molar-refractivity contribution in [3.63, 3.8) is 0 Å². The second-order valence-electron chi connectivity index (χ2n) is 14.1. The molecule has 256 valence electrons. The molecular formula is C47H34IN3OS. The topological polar surface area (TPSA) is 69.3 Å². The van der Waals surface area contributed by atoms with Gasteiger partial charge in [-0.2, -0.15) is 5.26 Å². The van der Waals surface area contributed by atoms with Gasteiger partial charge in [-0.1, -0.05) is 112 Å². The summed E-state index contributed by atoms with van der Waals surface area (Å²) in [4.78, 5) is 10.3. The van der Waals surface area contributed by atoms with Crippen molar-refractivity contribution >= 4 is 66.8 Å². The van der Waals surface area contributed by atoms with Gasteiger partial charge in [-0.25, -0.2) is 4.98 Å². The van der Waals surface area contributed by atoms with Crippen LogP contribution in [0.15, 0.2) is 145 Å². The minimum Gasteiger partial charge on any atom is -0.507 e. The summed E-state index contributed by atoms with van der Waals surface area (Å²) in [5.41, 5.74) is 11.3. The van der Waals surface area contributed by atoms with E-state index in [1.54, 1.807) is 17.6 Å². The molecule has 0 amide bonds. The minimum absolute atomic E-state index is 0.208. The molecule has 8 rings (SSSR count). The summed E-state index contributed by atoms with van der Waals surface area (Å²) >= 11 is 3.96. The van der Waals surface area contributed by atoms with Gasteiger partial charge < -0.3 is 5.11 Å². The van der Waals surface area contributed by atoms with Crippen molar-refractivity contribution < 1.29 is 5.11 Å². The highest BCUT2D eigenvalue weighted by Gasteiger charge is 2.21. The van der Waals surface area contributed by atoms with E-state index in [-0.39, 0.29) is 11.2 Å². The highest BCUT2D eigenvalue weighted by Crippen LogP contribution is 2.43. The quantitative estimate of drug-likeness (QED) is 0.134. The molecule has 0 bridgehead atoms. The number of thiazole rings is 1. The Kier molecular flexibility index (Phi) is 9.15. The maximum Gasteiger partial charge on any atom is 0.128 e. The Hall–Kier alpha value is -5.62. The number of halogens is 1. The molecule has 0 unspecified atom stereocenters. The van der Waals surface area contributed by atoms with Crippen LogP contribution in [-0.4, -0.2) is 16.3 Å². The summed E-state index contributed by atoms with van der Waals surface area (Å²) in [6.07, 6.45) is 1.76. The average molecular weight is 816 g/mol. The van der Waals surface area contributed by atoms with Gasteiger partial charge in [0.1, 0.15) is 10.8 Å². The van der Waals surface area contributed by atoms with E-state index in [4.69, 9.17) is 9.98 Å².